The molecular weight excluding hydrogens is 518 g/mol. The molecule has 1 aromatic heterocycles. The minimum absolute atomic E-state index is 0.105. The van der Waals surface area contributed by atoms with Crippen LogP contribution >= 0.6 is 11.3 Å². The predicted molar refractivity (Wildman–Crippen MR) is 146 cm³/mol. The Balaban J connectivity index is 1.53. The van der Waals surface area contributed by atoms with Crippen LogP contribution in [0.2, 0.25) is 0 Å². The van der Waals surface area contributed by atoms with Crippen LogP contribution in [0, 0.1) is 13.8 Å². The monoisotopic (exact) mass is 543 g/mol. The Morgan fingerprint density at radius 3 is 2.46 bits per heavy atom. The molecule has 0 saturated carbocycles. The highest BCUT2D eigenvalue weighted by Crippen LogP contribution is 2.44. The third kappa shape index (κ3) is 5.06. The van der Waals surface area contributed by atoms with Gasteiger partial charge in [-0.2, -0.15) is 0 Å². The summed E-state index contributed by atoms with van der Waals surface area (Å²) in [6.45, 7) is 4.12. The van der Waals surface area contributed by atoms with Gasteiger partial charge in [-0.25, -0.2) is 0 Å². The number of ether oxygens (including phenoxy) is 2. The van der Waals surface area contributed by atoms with E-state index in [9.17, 15) is 19.8 Å². The molecule has 1 fully saturated rings. The summed E-state index contributed by atoms with van der Waals surface area (Å²) in [5, 5.41) is 30.3. The summed E-state index contributed by atoms with van der Waals surface area (Å²) < 4.78 is 11.1. The number of carbonyl (C=O) groups excluding carboxylic acids is 2. The number of hydrogen-bond acceptors (Lipinski definition) is 9. The molecule has 4 aromatic rings. The number of anilines is 1. The van der Waals surface area contributed by atoms with Gasteiger partial charge in [0.05, 0.1) is 18.7 Å². The van der Waals surface area contributed by atoms with Gasteiger partial charge in [0.2, 0.25) is 5.13 Å². The second-order valence-corrected chi connectivity index (χ2v) is 10.2. The van der Waals surface area contributed by atoms with E-state index in [1.54, 1.807) is 37.3 Å². The molecule has 0 radical (unpaired) electrons. The number of aryl methyl sites for hydroxylation is 2. The highest BCUT2D eigenvalue weighted by atomic mass is 32.1. The van der Waals surface area contributed by atoms with E-state index in [0.717, 1.165) is 22.5 Å². The normalized spacial score (nSPS) is 16.5. The van der Waals surface area contributed by atoms with Crippen molar-refractivity contribution in [1.82, 2.24) is 10.2 Å². The van der Waals surface area contributed by atoms with Crippen LogP contribution in [-0.2, 0) is 16.2 Å². The van der Waals surface area contributed by atoms with Gasteiger partial charge in [0.25, 0.3) is 5.78 Å². The van der Waals surface area contributed by atoms with Gasteiger partial charge in [-0.15, -0.1) is 10.2 Å². The Morgan fingerprint density at radius 2 is 1.79 bits per heavy atom. The number of aromatic hydroxyl groups is 1. The number of phenolic OH excluding ortho intramolecular Hbond substituents is 1. The predicted octanol–water partition coefficient (Wildman–Crippen LogP) is 5.07. The third-order valence-corrected chi connectivity index (χ3v) is 7.14. The lowest BCUT2D eigenvalue weighted by molar-refractivity contribution is -0.132. The van der Waals surface area contributed by atoms with Crippen molar-refractivity contribution in [3.05, 3.63) is 99.6 Å². The first-order chi connectivity index (χ1) is 18.8. The van der Waals surface area contributed by atoms with Crippen molar-refractivity contribution in [1.29, 1.82) is 0 Å². The average Bonchev–Trinajstić information content (AvgIpc) is 3.47. The summed E-state index contributed by atoms with van der Waals surface area (Å²) in [6.07, 6.45) is 0. The van der Waals surface area contributed by atoms with Crippen molar-refractivity contribution < 1.29 is 29.3 Å². The summed E-state index contributed by atoms with van der Waals surface area (Å²) in [5.74, 6) is -1.43. The molecule has 5 rings (SSSR count). The first-order valence-electron chi connectivity index (χ1n) is 12.0. The van der Waals surface area contributed by atoms with E-state index in [2.05, 4.69) is 10.2 Å². The van der Waals surface area contributed by atoms with E-state index >= 15 is 0 Å². The summed E-state index contributed by atoms with van der Waals surface area (Å²) in [7, 11) is 1.40. The maximum Gasteiger partial charge on any atom is 0.301 e. The number of amides is 1. The summed E-state index contributed by atoms with van der Waals surface area (Å²) >= 11 is 1.15. The fourth-order valence-corrected chi connectivity index (χ4v) is 5.14. The first kappa shape index (κ1) is 25.9. The van der Waals surface area contributed by atoms with Crippen molar-refractivity contribution in [2.45, 2.75) is 26.5 Å². The van der Waals surface area contributed by atoms with Crippen molar-refractivity contribution in [3.63, 3.8) is 0 Å². The number of aliphatic hydroxyl groups is 1. The molecule has 0 aliphatic carbocycles. The van der Waals surface area contributed by atoms with Crippen LogP contribution < -0.4 is 14.4 Å². The van der Waals surface area contributed by atoms with Gasteiger partial charge < -0.3 is 19.7 Å². The lowest BCUT2D eigenvalue weighted by Gasteiger charge is -2.23. The Hall–Kier alpha value is -4.70. The second kappa shape index (κ2) is 10.6. The van der Waals surface area contributed by atoms with Crippen molar-refractivity contribution in [2.24, 2.45) is 0 Å². The van der Waals surface area contributed by atoms with E-state index < -0.39 is 17.7 Å². The molecule has 0 spiro atoms. The number of aliphatic hydroxyl groups excluding tert-OH is 1. The molecule has 1 aliphatic heterocycles. The Labute approximate surface area is 228 Å². The first-order valence-corrected chi connectivity index (χ1v) is 12.8. The zero-order valence-electron chi connectivity index (χ0n) is 21.4. The summed E-state index contributed by atoms with van der Waals surface area (Å²) in [4.78, 5) is 27.8. The molecule has 2 heterocycles. The Bertz CT molecular complexity index is 1590. The number of carbonyl (C=O) groups is 2. The van der Waals surface area contributed by atoms with Crippen LogP contribution in [0.3, 0.4) is 0 Å². The van der Waals surface area contributed by atoms with Gasteiger partial charge >= 0.3 is 5.91 Å². The average molecular weight is 544 g/mol. The highest BCUT2D eigenvalue weighted by Gasteiger charge is 2.48. The summed E-state index contributed by atoms with van der Waals surface area (Å²) in [5.41, 5.74) is 2.82. The smallest absolute Gasteiger partial charge is 0.301 e. The number of Topliss-reactive ketones (excluding diaryl/α,β-unsaturated/α-hetero) is 1. The number of rotatable bonds is 7. The molecule has 10 heteroatoms. The molecule has 1 unspecified atom stereocenters. The lowest BCUT2D eigenvalue weighted by atomic mass is 9.95. The van der Waals surface area contributed by atoms with Crippen LogP contribution in [-0.4, -0.2) is 39.2 Å². The SMILES string of the molecule is COc1cc(C2C(=C(O)c3ccc(OCc4cccc(C)c4)cc3)C(=O)C(=O)N2c2nnc(C)s2)ccc1O. The fraction of sp³-hybridized carbons (Fsp3) is 0.172. The van der Waals surface area contributed by atoms with Crippen LogP contribution in [0.4, 0.5) is 5.13 Å². The van der Waals surface area contributed by atoms with Crippen molar-refractivity contribution in [2.75, 3.05) is 12.0 Å². The summed E-state index contributed by atoms with van der Waals surface area (Å²) in [6, 6.07) is 18.1. The van der Waals surface area contributed by atoms with E-state index in [4.69, 9.17) is 9.47 Å². The maximum atomic E-state index is 13.3. The van der Waals surface area contributed by atoms with Crippen LogP contribution in [0.15, 0.2) is 72.3 Å². The van der Waals surface area contributed by atoms with Crippen molar-refractivity contribution in [3.8, 4) is 17.2 Å². The highest BCUT2D eigenvalue weighted by molar-refractivity contribution is 7.15. The number of hydrogen-bond donors (Lipinski definition) is 2. The lowest BCUT2D eigenvalue weighted by Crippen LogP contribution is -2.29. The molecule has 0 bridgehead atoms. The van der Waals surface area contributed by atoms with Gasteiger partial charge in [-0.05, 0) is 61.4 Å². The standard InChI is InChI=1S/C29H25N3O6S/c1-16-5-4-6-18(13-16)15-38-21-10-7-19(8-11-21)26(34)24-25(20-9-12-22(33)23(14-20)37-3)32(28(36)27(24)35)29-31-30-17(2)39-29/h4-14,25,33-34H,15H2,1-3H3. The molecule has 1 atom stereocenters. The van der Waals surface area contributed by atoms with Crippen molar-refractivity contribution >= 4 is 33.9 Å². The van der Waals surface area contributed by atoms with Gasteiger partial charge in [-0.1, -0.05) is 47.2 Å². The molecule has 1 saturated heterocycles. The number of nitrogens with zero attached hydrogens (tertiary/aromatic N) is 3. The second-order valence-electron chi connectivity index (χ2n) is 9.01. The molecule has 198 valence electrons. The maximum absolute atomic E-state index is 13.3. The molecule has 3 aromatic carbocycles. The molecule has 9 nitrogen and oxygen atoms in total. The molecule has 1 aliphatic rings. The van der Waals surface area contributed by atoms with Crippen LogP contribution in [0.5, 0.6) is 17.2 Å². The quantitative estimate of drug-likeness (QED) is 0.188. The van der Waals surface area contributed by atoms with E-state index in [-0.39, 0.29) is 28.0 Å². The number of benzene rings is 3. The van der Waals surface area contributed by atoms with Crippen LogP contribution in [0.25, 0.3) is 5.76 Å². The third-order valence-electron chi connectivity index (χ3n) is 6.30. The molecular formula is C29H25N3O6S. The van der Waals surface area contributed by atoms with Gasteiger partial charge in [0.15, 0.2) is 11.5 Å². The minimum atomic E-state index is -1.02. The molecule has 39 heavy (non-hydrogen) atoms. The number of phenols is 1. The fourth-order valence-electron chi connectivity index (χ4n) is 4.43. The van der Waals surface area contributed by atoms with E-state index in [1.807, 2.05) is 31.2 Å². The zero-order chi connectivity index (χ0) is 27.7. The Kier molecular flexibility index (Phi) is 7.03. The zero-order valence-corrected chi connectivity index (χ0v) is 22.2. The number of ketones is 1. The topological polar surface area (TPSA) is 122 Å². The van der Waals surface area contributed by atoms with Gasteiger partial charge in [0.1, 0.15) is 23.1 Å². The molecule has 2 N–H and O–H groups in total. The number of aromatic nitrogens is 2. The number of methoxy groups -OCH3 is 1. The van der Waals surface area contributed by atoms with E-state index in [0.29, 0.717) is 28.5 Å². The van der Waals surface area contributed by atoms with Gasteiger partial charge in [-0.3, -0.25) is 14.5 Å². The Morgan fingerprint density at radius 1 is 1.03 bits per heavy atom. The largest absolute Gasteiger partial charge is 0.507 e. The van der Waals surface area contributed by atoms with Crippen LogP contribution in [0.1, 0.15) is 33.3 Å². The van der Waals surface area contributed by atoms with Gasteiger partial charge in [0, 0.05) is 5.56 Å². The minimum Gasteiger partial charge on any atom is -0.507 e. The van der Waals surface area contributed by atoms with E-state index in [1.165, 1.54) is 24.1 Å². The molecule has 1 amide bonds.